The van der Waals surface area contributed by atoms with Crippen LogP contribution in [0.15, 0.2) is 18.3 Å². The largest absolute Gasteiger partial charge is 0.345 e. The van der Waals surface area contributed by atoms with E-state index < -0.39 is 0 Å². The van der Waals surface area contributed by atoms with E-state index in [2.05, 4.69) is 17.2 Å². The number of nitrogens with zero attached hydrogens (tertiary/aromatic N) is 1. The van der Waals surface area contributed by atoms with Gasteiger partial charge >= 0.3 is 0 Å². The average Bonchev–Trinajstić information content (AvgIpc) is 2.42. The first-order valence-electron chi connectivity index (χ1n) is 7.00. The number of pyridine rings is 1. The fourth-order valence-electron chi connectivity index (χ4n) is 2.61. The lowest BCUT2D eigenvalue weighted by Gasteiger charge is -2.39. The first kappa shape index (κ1) is 14.0. The summed E-state index contributed by atoms with van der Waals surface area (Å²) in [6.45, 7) is 4.67. The Labute approximate surface area is 114 Å². The molecule has 4 nitrogen and oxygen atoms in total. The molecular formula is C15H23N3O. The first-order valence-corrected chi connectivity index (χ1v) is 7.00. The van der Waals surface area contributed by atoms with Gasteiger partial charge in [0, 0.05) is 18.4 Å². The van der Waals surface area contributed by atoms with Gasteiger partial charge in [-0.1, -0.05) is 6.92 Å². The predicted molar refractivity (Wildman–Crippen MR) is 75.9 cm³/mol. The number of hydrogen-bond acceptors (Lipinski definition) is 3. The summed E-state index contributed by atoms with van der Waals surface area (Å²) in [6, 6.07) is 3.67. The van der Waals surface area contributed by atoms with E-state index in [1.807, 2.05) is 19.1 Å². The fraction of sp³-hybridized carbons (Fsp3) is 0.600. The standard InChI is InChI=1S/C15H23N3O/c1-11-5-7-15(10-16,8-6-11)18-14(19)13-4-3-12(2)17-9-13/h3-4,9,11H,5-8,10,16H2,1-2H3,(H,18,19). The molecule has 1 amide bonds. The Bertz CT molecular complexity index is 433. The quantitative estimate of drug-likeness (QED) is 0.874. The van der Waals surface area contributed by atoms with Crippen molar-refractivity contribution >= 4 is 5.91 Å². The maximum Gasteiger partial charge on any atom is 0.253 e. The fourth-order valence-corrected chi connectivity index (χ4v) is 2.61. The van der Waals surface area contributed by atoms with Gasteiger partial charge in [-0.25, -0.2) is 0 Å². The summed E-state index contributed by atoms with van der Waals surface area (Å²) in [5.74, 6) is 0.671. The lowest BCUT2D eigenvalue weighted by atomic mass is 9.77. The summed E-state index contributed by atoms with van der Waals surface area (Å²) in [7, 11) is 0. The van der Waals surface area contributed by atoms with Gasteiger partial charge in [0.1, 0.15) is 0 Å². The van der Waals surface area contributed by atoms with Crippen LogP contribution in [0.25, 0.3) is 0 Å². The van der Waals surface area contributed by atoms with Crippen LogP contribution in [0.4, 0.5) is 0 Å². The van der Waals surface area contributed by atoms with Crippen LogP contribution < -0.4 is 11.1 Å². The summed E-state index contributed by atoms with van der Waals surface area (Å²) in [6.07, 6.45) is 5.82. The van der Waals surface area contributed by atoms with E-state index in [0.717, 1.165) is 37.3 Å². The summed E-state index contributed by atoms with van der Waals surface area (Å²) in [4.78, 5) is 16.4. The van der Waals surface area contributed by atoms with Crippen molar-refractivity contribution in [3.8, 4) is 0 Å². The molecule has 0 aliphatic heterocycles. The molecule has 1 aromatic heterocycles. The molecule has 0 spiro atoms. The molecule has 0 bridgehead atoms. The Morgan fingerprint density at radius 3 is 2.68 bits per heavy atom. The molecule has 1 aliphatic rings. The Morgan fingerprint density at radius 1 is 1.47 bits per heavy atom. The second-order valence-electron chi connectivity index (χ2n) is 5.81. The molecule has 0 aromatic carbocycles. The molecule has 1 aliphatic carbocycles. The highest BCUT2D eigenvalue weighted by atomic mass is 16.1. The van der Waals surface area contributed by atoms with Crippen molar-refractivity contribution < 1.29 is 4.79 Å². The highest BCUT2D eigenvalue weighted by Crippen LogP contribution is 2.31. The predicted octanol–water partition coefficient (Wildman–Crippen LogP) is 2.03. The maximum atomic E-state index is 12.3. The number of hydrogen-bond donors (Lipinski definition) is 2. The van der Waals surface area contributed by atoms with Gasteiger partial charge < -0.3 is 11.1 Å². The van der Waals surface area contributed by atoms with Gasteiger partial charge in [0.15, 0.2) is 0 Å². The van der Waals surface area contributed by atoms with Gasteiger partial charge in [-0.2, -0.15) is 0 Å². The molecule has 2 rings (SSSR count). The van der Waals surface area contributed by atoms with Crippen LogP contribution in [0.2, 0.25) is 0 Å². The van der Waals surface area contributed by atoms with Gasteiger partial charge in [0.25, 0.3) is 5.91 Å². The lowest BCUT2D eigenvalue weighted by molar-refractivity contribution is 0.0859. The minimum absolute atomic E-state index is 0.0625. The number of carbonyl (C=O) groups excluding carboxylic acids is 1. The topological polar surface area (TPSA) is 68.0 Å². The number of rotatable bonds is 3. The van der Waals surface area contributed by atoms with Crippen LogP contribution in [-0.2, 0) is 0 Å². The van der Waals surface area contributed by atoms with E-state index in [4.69, 9.17) is 5.73 Å². The van der Waals surface area contributed by atoms with E-state index in [0.29, 0.717) is 12.1 Å². The monoisotopic (exact) mass is 261 g/mol. The minimum Gasteiger partial charge on any atom is -0.345 e. The number of amides is 1. The van der Waals surface area contributed by atoms with Crippen LogP contribution in [-0.4, -0.2) is 23.0 Å². The van der Waals surface area contributed by atoms with Crippen LogP contribution >= 0.6 is 0 Å². The van der Waals surface area contributed by atoms with Crippen molar-refractivity contribution in [1.82, 2.24) is 10.3 Å². The van der Waals surface area contributed by atoms with E-state index in [-0.39, 0.29) is 11.4 Å². The van der Waals surface area contributed by atoms with Crippen LogP contribution in [0.5, 0.6) is 0 Å². The van der Waals surface area contributed by atoms with E-state index in [1.165, 1.54) is 0 Å². The maximum absolute atomic E-state index is 12.3. The molecular weight excluding hydrogens is 238 g/mol. The zero-order chi connectivity index (χ0) is 13.9. The second kappa shape index (κ2) is 5.70. The van der Waals surface area contributed by atoms with Gasteiger partial charge in [-0.05, 0) is 50.7 Å². The highest BCUT2D eigenvalue weighted by molar-refractivity contribution is 5.94. The molecule has 0 radical (unpaired) electrons. The molecule has 1 heterocycles. The molecule has 3 N–H and O–H groups in total. The normalized spacial score (nSPS) is 27.0. The van der Waals surface area contributed by atoms with E-state index in [9.17, 15) is 4.79 Å². The van der Waals surface area contributed by atoms with Crippen molar-refractivity contribution in [3.63, 3.8) is 0 Å². The third-order valence-corrected chi connectivity index (χ3v) is 4.17. The van der Waals surface area contributed by atoms with Crippen LogP contribution in [0.3, 0.4) is 0 Å². The van der Waals surface area contributed by atoms with Gasteiger partial charge in [0.05, 0.1) is 11.1 Å². The van der Waals surface area contributed by atoms with Crippen LogP contribution in [0, 0.1) is 12.8 Å². The molecule has 0 unspecified atom stereocenters. The number of nitrogens with two attached hydrogens (primary N) is 1. The second-order valence-corrected chi connectivity index (χ2v) is 5.81. The number of carbonyl (C=O) groups is 1. The van der Waals surface area contributed by atoms with Crippen LogP contribution in [0.1, 0.15) is 48.7 Å². The summed E-state index contributed by atoms with van der Waals surface area (Å²) in [5, 5.41) is 3.13. The van der Waals surface area contributed by atoms with Gasteiger partial charge in [0.2, 0.25) is 0 Å². The van der Waals surface area contributed by atoms with Gasteiger partial charge in [-0.15, -0.1) is 0 Å². The minimum atomic E-state index is -0.228. The summed E-state index contributed by atoms with van der Waals surface area (Å²) >= 11 is 0. The molecule has 4 heteroatoms. The zero-order valence-electron chi connectivity index (χ0n) is 11.8. The third-order valence-electron chi connectivity index (χ3n) is 4.17. The van der Waals surface area contributed by atoms with Crippen molar-refractivity contribution in [2.45, 2.75) is 45.1 Å². The van der Waals surface area contributed by atoms with E-state index in [1.54, 1.807) is 6.20 Å². The molecule has 1 fully saturated rings. The highest BCUT2D eigenvalue weighted by Gasteiger charge is 2.34. The Morgan fingerprint density at radius 2 is 2.16 bits per heavy atom. The van der Waals surface area contributed by atoms with Gasteiger partial charge in [-0.3, -0.25) is 9.78 Å². The number of nitrogens with one attached hydrogen (secondary N) is 1. The number of aromatic nitrogens is 1. The summed E-state index contributed by atoms with van der Waals surface area (Å²) in [5.41, 5.74) is 7.20. The summed E-state index contributed by atoms with van der Waals surface area (Å²) < 4.78 is 0. The van der Waals surface area contributed by atoms with Crippen molar-refractivity contribution in [2.75, 3.05) is 6.54 Å². The van der Waals surface area contributed by atoms with E-state index >= 15 is 0 Å². The molecule has 19 heavy (non-hydrogen) atoms. The number of aryl methyl sites for hydroxylation is 1. The molecule has 0 saturated heterocycles. The van der Waals surface area contributed by atoms with Crippen molar-refractivity contribution in [2.24, 2.45) is 11.7 Å². The average molecular weight is 261 g/mol. The Hall–Kier alpha value is -1.42. The Kier molecular flexibility index (Phi) is 4.20. The zero-order valence-corrected chi connectivity index (χ0v) is 11.8. The molecule has 1 saturated carbocycles. The van der Waals surface area contributed by atoms with Crippen molar-refractivity contribution in [3.05, 3.63) is 29.6 Å². The molecule has 0 atom stereocenters. The third kappa shape index (κ3) is 3.32. The lowest BCUT2D eigenvalue weighted by Crippen LogP contribution is -2.55. The molecule has 1 aromatic rings. The molecule has 104 valence electrons. The smallest absolute Gasteiger partial charge is 0.253 e. The SMILES string of the molecule is Cc1ccc(C(=O)NC2(CN)CCC(C)CC2)cn1. The Balaban J connectivity index is 2.06. The van der Waals surface area contributed by atoms with Crippen molar-refractivity contribution in [1.29, 1.82) is 0 Å². The first-order chi connectivity index (χ1) is 9.04.